The number of halogens is 3. The van der Waals surface area contributed by atoms with Crippen LogP contribution in [0.5, 0.6) is 0 Å². The van der Waals surface area contributed by atoms with Gasteiger partial charge in [0.25, 0.3) is 0 Å². The molecular formula is C21H11F3O5. The molecule has 146 valence electrons. The van der Waals surface area contributed by atoms with E-state index >= 15 is 0 Å². The number of rotatable bonds is 3. The molecule has 0 saturated heterocycles. The van der Waals surface area contributed by atoms with Gasteiger partial charge in [-0.25, -0.2) is 9.59 Å². The van der Waals surface area contributed by atoms with Crippen LogP contribution in [0.25, 0.3) is 33.1 Å². The molecule has 0 aliphatic heterocycles. The molecule has 1 heterocycles. The second-order valence-corrected chi connectivity index (χ2v) is 6.34. The zero-order chi connectivity index (χ0) is 20.9. The van der Waals surface area contributed by atoms with Crippen LogP contribution in [0.15, 0.2) is 59.0 Å². The van der Waals surface area contributed by atoms with Gasteiger partial charge in [0.15, 0.2) is 5.58 Å². The summed E-state index contributed by atoms with van der Waals surface area (Å²) in [6.45, 7) is 0. The third-order valence-corrected chi connectivity index (χ3v) is 4.61. The largest absolute Gasteiger partial charge is 0.478 e. The van der Waals surface area contributed by atoms with Gasteiger partial charge in [-0.15, -0.1) is 0 Å². The van der Waals surface area contributed by atoms with Gasteiger partial charge in [-0.05, 0) is 35.4 Å². The van der Waals surface area contributed by atoms with Gasteiger partial charge < -0.3 is 14.6 Å². The lowest BCUT2D eigenvalue weighted by atomic mass is 9.95. The van der Waals surface area contributed by atoms with E-state index in [1.165, 1.54) is 42.5 Å². The zero-order valence-corrected chi connectivity index (χ0v) is 14.4. The summed E-state index contributed by atoms with van der Waals surface area (Å²) in [4.78, 5) is 23.1. The van der Waals surface area contributed by atoms with Crippen molar-refractivity contribution in [3.63, 3.8) is 0 Å². The van der Waals surface area contributed by atoms with E-state index in [1.807, 2.05) is 0 Å². The Morgan fingerprint density at radius 2 is 1.48 bits per heavy atom. The first-order chi connectivity index (χ1) is 13.7. The molecule has 4 aromatic rings. The van der Waals surface area contributed by atoms with Crippen LogP contribution in [-0.4, -0.2) is 22.2 Å². The number of carboxylic acid groups (broad SMARTS) is 2. The molecule has 0 aliphatic rings. The van der Waals surface area contributed by atoms with E-state index in [0.717, 1.165) is 12.1 Å². The van der Waals surface area contributed by atoms with Crippen LogP contribution in [0.4, 0.5) is 13.2 Å². The first kappa shape index (κ1) is 18.5. The molecule has 0 amide bonds. The van der Waals surface area contributed by atoms with Gasteiger partial charge in [-0.3, -0.25) is 0 Å². The highest BCUT2D eigenvalue weighted by Gasteiger charge is 2.31. The molecule has 0 aliphatic carbocycles. The lowest BCUT2D eigenvalue weighted by Crippen LogP contribution is -2.04. The molecule has 0 radical (unpaired) electrons. The number of carboxylic acids is 2. The fraction of sp³-hybridized carbons (Fsp3) is 0.0476. The Morgan fingerprint density at radius 1 is 0.828 bits per heavy atom. The quantitative estimate of drug-likeness (QED) is 0.463. The predicted molar refractivity (Wildman–Crippen MR) is 98.1 cm³/mol. The van der Waals surface area contributed by atoms with Crippen molar-refractivity contribution >= 4 is 33.9 Å². The van der Waals surface area contributed by atoms with Crippen molar-refractivity contribution in [1.29, 1.82) is 0 Å². The van der Waals surface area contributed by atoms with E-state index < -0.39 is 23.7 Å². The summed E-state index contributed by atoms with van der Waals surface area (Å²) in [5, 5.41) is 19.4. The standard InChI is InChI=1S/C21H11F3O5/c22-21(23,24)11-4-1-3-10(9-11)12-7-8-15(20(27)28)18-16(12)13-5-2-6-14(19(25)26)17(13)29-18/h1-9H,(H,25,26)(H,27,28). The summed E-state index contributed by atoms with van der Waals surface area (Å²) in [6.07, 6.45) is -4.55. The molecule has 0 fully saturated rings. The van der Waals surface area contributed by atoms with Crippen molar-refractivity contribution in [2.45, 2.75) is 6.18 Å². The van der Waals surface area contributed by atoms with Gasteiger partial charge in [-0.2, -0.15) is 13.2 Å². The second-order valence-electron chi connectivity index (χ2n) is 6.34. The summed E-state index contributed by atoms with van der Waals surface area (Å²) in [5.74, 6) is -2.58. The molecule has 3 aromatic carbocycles. The van der Waals surface area contributed by atoms with E-state index in [0.29, 0.717) is 10.9 Å². The Morgan fingerprint density at radius 3 is 2.14 bits per heavy atom. The van der Waals surface area contributed by atoms with Gasteiger partial charge in [-0.1, -0.05) is 30.3 Å². The lowest BCUT2D eigenvalue weighted by molar-refractivity contribution is -0.137. The SMILES string of the molecule is O=C(O)c1cccc2c1oc1c(C(=O)O)ccc(-c3cccc(C(F)(F)F)c3)c12. The molecule has 0 bridgehead atoms. The zero-order valence-electron chi connectivity index (χ0n) is 14.4. The molecule has 8 heteroatoms. The van der Waals surface area contributed by atoms with Crippen LogP contribution in [0, 0.1) is 0 Å². The Bertz CT molecular complexity index is 1300. The Kier molecular flexibility index (Phi) is 4.07. The molecule has 0 unspecified atom stereocenters. The van der Waals surface area contributed by atoms with Crippen LogP contribution in [0.3, 0.4) is 0 Å². The summed E-state index contributed by atoms with van der Waals surface area (Å²) in [6, 6.07) is 11.5. The summed E-state index contributed by atoms with van der Waals surface area (Å²) in [7, 11) is 0. The van der Waals surface area contributed by atoms with Crippen LogP contribution >= 0.6 is 0 Å². The van der Waals surface area contributed by atoms with Crippen molar-refractivity contribution in [2.75, 3.05) is 0 Å². The van der Waals surface area contributed by atoms with Gasteiger partial charge in [0.1, 0.15) is 16.7 Å². The van der Waals surface area contributed by atoms with Crippen LogP contribution in [0.1, 0.15) is 26.3 Å². The highest BCUT2D eigenvalue weighted by atomic mass is 19.4. The topological polar surface area (TPSA) is 87.7 Å². The molecule has 0 spiro atoms. The monoisotopic (exact) mass is 400 g/mol. The molecule has 0 saturated carbocycles. The highest BCUT2D eigenvalue weighted by Crippen LogP contribution is 2.41. The summed E-state index contributed by atoms with van der Waals surface area (Å²) < 4.78 is 45.0. The van der Waals surface area contributed by atoms with Crippen LogP contribution in [0.2, 0.25) is 0 Å². The minimum atomic E-state index is -4.55. The fourth-order valence-electron chi connectivity index (χ4n) is 3.34. The van der Waals surface area contributed by atoms with E-state index in [-0.39, 0.29) is 33.2 Å². The van der Waals surface area contributed by atoms with Crippen molar-refractivity contribution in [3.8, 4) is 11.1 Å². The fourth-order valence-corrected chi connectivity index (χ4v) is 3.34. The molecule has 29 heavy (non-hydrogen) atoms. The van der Waals surface area contributed by atoms with Crippen molar-refractivity contribution in [3.05, 3.63) is 71.3 Å². The lowest BCUT2D eigenvalue weighted by Gasteiger charge is -2.10. The molecule has 4 rings (SSSR count). The Hall–Kier alpha value is -3.81. The third-order valence-electron chi connectivity index (χ3n) is 4.61. The van der Waals surface area contributed by atoms with E-state index in [9.17, 15) is 33.0 Å². The second kappa shape index (κ2) is 6.37. The number of benzene rings is 3. The normalized spacial score (nSPS) is 11.8. The van der Waals surface area contributed by atoms with Gasteiger partial charge in [0, 0.05) is 10.8 Å². The van der Waals surface area contributed by atoms with Crippen molar-refractivity contribution in [2.24, 2.45) is 0 Å². The van der Waals surface area contributed by atoms with Gasteiger partial charge in [0.2, 0.25) is 0 Å². The maximum atomic E-state index is 13.1. The molecule has 5 nitrogen and oxygen atoms in total. The predicted octanol–water partition coefficient (Wildman–Crippen LogP) is 5.67. The number of fused-ring (bicyclic) bond motifs is 3. The summed E-state index contributed by atoms with van der Waals surface area (Å²) >= 11 is 0. The highest BCUT2D eigenvalue weighted by molar-refractivity contribution is 6.20. The summed E-state index contributed by atoms with van der Waals surface area (Å²) in [5.41, 5.74) is -0.895. The van der Waals surface area contributed by atoms with Gasteiger partial charge >= 0.3 is 18.1 Å². The average Bonchev–Trinajstić information content (AvgIpc) is 3.06. The number of carbonyl (C=O) groups is 2. The molecule has 2 N–H and O–H groups in total. The molecular weight excluding hydrogens is 389 g/mol. The molecule has 1 aromatic heterocycles. The van der Waals surface area contributed by atoms with Crippen molar-refractivity contribution in [1.82, 2.24) is 0 Å². The van der Waals surface area contributed by atoms with Crippen molar-refractivity contribution < 1.29 is 37.4 Å². The number of hydrogen-bond acceptors (Lipinski definition) is 3. The third kappa shape index (κ3) is 2.98. The maximum absolute atomic E-state index is 13.1. The number of para-hydroxylation sites is 1. The van der Waals surface area contributed by atoms with Crippen LogP contribution in [-0.2, 0) is 6.18 Å². The number of aromatic carboxylic acids is 2. The number of hydrogen-bond donors (Lipinski definition) is 2. The average molecular weight is 400 g/mol. The first-order valence-corrected chi connectivity index (χ1v) is 8.31. The minimum absolute atomic E-state index is 0.0445. The van der Waals surface area contributed by atoms with Gasteiger partial charge in [0.05, 0.1) is 5.56 Å². The molecule has 0 atom stereocenters. The minimum Gasteiger partial charge on any atom is -0.478 e. The van der Waals surface area contributed by atoms with E-state index in [2.05, 4.69) is 0 Å². The number of furan rings is 1. The van der Waals surface area contributed by atoms with E-state index in [1.54, 1.807) is 0 Å². The van der Waals surface area contributed by atoms with E-state index in [4.69, 9.17) is 4.42 Å². The smallest absolute Gasteiger partial charge is 0.416 e. The Balaban J connectivity index is 2.13. The first-order valence-electron chi connectivity index (χ1n) is 8.31. The van der Waals surface area contributed by atoms with Crippen LogP contribution < -0.4 is 0 Å². The maximum Gasteiger partial charge on any atom is 0.416 e. The number of alkyl halides is 3. The Labute approximate surface area is 160 Å².